The average molecular weight is 327 g/mol. The Morgan fingerprint density at radius 1 is 1.08 bits per heavy atom. The summed E-state index contributed by atoms with van der Waals surface area (Å²) in [5.41, 5.74) is 1.32. The summed E-state index contributed by atoms with van der Waals surface area (Å²) in [6.07, 6.45) is 1.63. The number of hydrogen-bond acceptors (Lipinski definition) is 4. The second-order valence-electron chi connectivity index (χ2n) is 5.82. The van der Waals surface area contributed by atoms with E-state index in [1.54, 1.807) is 31.3 Å². The van der Waals surface area contributed by atoms with E-state index in [-0.39, 0.29) is 11.5 Å². The summed E-state index contributed by atoms with van der Waals surface area (Å²) in [7, 11) is 3.33. The number of methoxy groups -OCH3 is 1. The van der Waals surface area contributed by atoms with E-state index in [9.17, 15) is 9.59 Å². The van der Waals surface area contributed by atoms with Gasteiger partial charge in [0.2, 0.25) is 0 Å². The highest BCUT2D eigenvalue weighted by Crippen LogP contribution is 2.28. The first-order valence-electron chi connectivity index (χ1n) is 7.94. The maximum Gasteiger partial charge on any atom is 0.254 e. The third kappa shape index (κ3) is 3.13. The minimum Gasteiger partial charge on any atom is -0.495 e. The van der Waals surface area contributed by atoms with Gasteiger partial charge < -0.3 is 19.1 Å². The lowest BCUT2D eigenvalue weighted by atomic mass is 10.2. The van der Waals surface area contributed by atoms with Crippen molar-refractivity contribution in [2.45, 2.75) is 0 Å². The molecule has 0 aliphatic carbocycles. The van der Waals surface area contributed by atoms with Crippen LogP contribution in [-0.4, -0.2) is 48.7 Å². The van der Waals surface area contributed by atoms with Crippen LogP contribution in [0.5, 0.6) is 5.75 Å². The molecule has 0 N–H and O–H groups in total. The van der Waals surface area contributed by atoms with Crippen LogP contribution < -0.4 is 15.2 Å². The lowest BCUT2D eigenvalue weighted by Crippen LogP contribution is -2.49. The van der Waals surface area contributed by atoms with Gasteiger partial charge in [-0.15, -0.1) is 0 Å². The van der Waals surface area contributed by atoms with E-state index in [4.69, 9.17) is 4.74 Å². The number of piperazine rings is 1. The molecule has 1 aromatic carbocycles. The third-order valence-corrected chi connectivity index (χ3v) is 4.34. The fraction of sp³-hybridized carbons (Fsp3) is 0.333. The molecule has 0 spiro atoms. The summed E-state index contributed by atoms with van der Waals surface area (Å²) in [4.78, 5) is 28.3. The molecular weight excluding hydrogens is 306 g/mol. The van der Waals surface area contributed by atoms with Crippen LogP contribution >= 0.6 is 0 Å². The van der Waals surface area contributed by atoms with Crippen LogP contribution in [0.3, 0.4) is 0 Å². The molecule has 1 amide bonds. The molecule has 0 atom stereocenters. The highest BCUT2D eigenvalue weighted by molar-refractivity contribution is 5.94. The highest BCUT2D eigenvalue weighted by Gasteiger charge is 2.23. The maximum atomic E-state index is 12.6. The number of carbonyl (C=O) groups excluding carboxylic acids is 1. The van der Waals surface area contributed by atoms with E-state index in [0.29, 0.717) is 18.7 Å². The molecule has 2 aromatic rings. The number of nitrogens with zero attached hydrogens (tertiary/aromatic N) is 3. The molecule has 0 bridgehead atoms. The predicted molar refractivity (Wildman–Crippen MR) is 92.8 cm³/mol. The standard InChI is InChI=1S/C18H21N3O3/c1-19-8-7-14(13-17(19)22)18(23)21-11-9-20(10-12-21)15-5-3-4-6-16(15)24-2/h3-8,13H,9-12H2,1-2H3. The van der Waals surface area contributed by atoms with Crippen molar-refractivity contribution < 1.29 is 9.53 Å². The van der Waals surface area contributed by atoms with Crippen LogP contribution in [0.25, 0.3) is 0 Å². The molecule has 1 saturated heterocycles. The molecule has 1 fully saturated rings. The number of aromatic nitrogens is 1. The second kappa shape index (κ2) is 6.78. The number of amides is 1. The van der Waals surface area contributed by atoms with Gasteiger partial charge in [-0.2, -0.15) is 0 Å². The molecule has 6 heteroatoms. The zero-order valence-electron chi connectivity index (χ0n) is 13.9. The minimum absolute atomic E-state index is 0.0904. The predicted octanol–water partition coefficient (Wildman–Crippen LogP) is 1.36. The van der Waals surface area contributed by atoms with E-state index >= 15 is 0 Å². The summed E-state index contributed by atoms with van der Waals surface area (Å²) in [6.45, 7) is 2.70. The van der Waals surface area contributed by atoms with Crippen LogP contribution in [0.2, 0.25) is 0 Å². The van der Waals surface area contributed by atoms with Gasteiger partial charge >= 0.3 is 0 Å². The molecule has 24 heavy (non-hydrogen) atoms. The largest absolute Gasteiger partial charge is 0.495 e. The van der Waals surface area contributed by atoms with Crippen LogP contribution in [0.1, 0.15) is 10.4 Å². The van der Waals surface area contributed by atoms with E-state index in [1.165, 1.54) is 10.6 Å². The highest BCUT2D eigenvalue weighted by atomic mass is 16.5. The molecule has 6 nitrogen and oxygen atoms in total. The van der Waals surface area contributed by atoms with Crippen LogP contribution in [0.15, 0.2) is 47.4 Å². The Hall–Kier alpha value is -2.76. The number of pyridine rings is 1. The van der Waals surface area contributed by atoms with Crippen molar-refractivity contribution in [3.05, 3.63) is 58.5 Å². The average Bonchev–Trinajstić information content (AvgIpc) is 2.63. The Bertz CT molecular complexity index is 792. The molecule has 1 aliphatic rings. The summed E-state index contributed by atoms with van der Waals surface area (Å²) < 4.78 is 6.86. The number of ether oxygens (including phenoxy) is 1. The minimum atomic E-state index is -0.173. The first-order chi connectivity index (χ1) is 11.6. The SMILES string of the molecule is COc1ccccc1N1CCN(C(=O)c2ccn(C)c(=O)c2)CC1. The third-order valence-electron chi connectivity index (χ3n) is 4.34. The van der Waals surface area contributed by atoms with Crippen LogP contribution in [-0.2, 0) is 7.05 Å². The van der Waals surface area contributed by atoms with Gasteiger partial charge in [0.05, 0.1) is 12.8 Å². The summed E-state index contributed by atoms with van der Waals surface area (Å²) in [6, 6.07) is 11.0. The number of rotatable bonds is 3. The maximum absolute atomic E-state index is 12.6. The lowest BCUT2D eigenvalue weighted by Gasteiger charge is -2.36. The molecular formula is C18H21N3O3. The quantitative estimate of drug-likeness (QED) is 0.854. The topological polar surface area (TPSA) is 54.8 Å². The summed E-state index contributed by atoms with van der Waals surface area (Å²) in [5, 5.41) is 0. The number of aryl methyl sites for hydroxylation is 1. The van der Waals surface area contributed by atoms with Gasteiger partial charge in [-0.25, -0.2) is 0 Å². The van der Waals surface area contributed by atoms with E-state index in [2.05, 4.69) is 4.90 Å². The summed E-state index contributed by atoms with van der Waals surface area (Å²) >= 11 is 0. The summed E-state index contributed by atoms with van der Waals surface area (Å²) in [5.74, 6) is 0.746. The molecule has 0 radical (unpaired) electrons. The number of anilines is 1. The van der Waals surface area contributed by atoms with Crippen molar-refractivity contribution in [2.75, 3.05) is 38.2 Å². The smallest absolute Gasteiger partial charge is 0.254 e. The van der Waals surface area contributed by atoms with Gasteiger partial charge in [-0.1, -0.05) is 12.1 Å². The Kier molecular flexibility index (Phi) is 4.55. The zero-order chi connectivity index (χ0) is 17.1. The van der Waals surface area contributed by atoms with Crippen molar-refractivity contribution in [3.8, 4) is 5.75 Å². The van der Waals surface area contributed by atoms with Crippen molar-refractivity contribution in [1.29, 1.82) is 0 Å². The van der Waals surface area contributed by atoms with Crippen molar-refractivity contribution in [1.82, 2.24) is 9.47 Å². The Balaban J connectivity index is 1.69. The number of carbonyl (C=O) groups is 1. The van der Waals surface area contributed by atoms with Crippen LogP contribution in [0, 0.1) is 0 Å². The van der Waals surface area contributed by atoms with E-state index in [0.717, 1.165) is 24.5 Å². The molecule has 1 aromatic heterocycles. The number of hydrogen-bond donors (Lipinski definition) is 0. The van der Waals surface area contributed by atoms with Gasteiger partial charge in [-0.05, 0) is 18.2 Å². The van der Waals surface area contributed by atoms with Gasteiger partial charge in [0.25, 0.3) is 11.5 Å². The Labute approximate surface area is 140 Å². The zero-order valence-corrected chi connectivity index (χ0v) is 13.9. The van der Waals surface area contributed by atoms with Crippen molar-refractivity contribution in [2.24, 2.45) is 7.05 Å². The van der Waals surface area contributed by atoms with Gasteiger partial charge in [0, 0.05) is 51.1 Å². The van der Waals surface area contributed by atoms with Gasteiger partial charge in [-0.3, -0.25) is 9.59 Å². The number of benzene rings is 1. The molecule has 1 aliphatic heterocycles. The Morgan fingerprint density at radius 2 is 1.79 bits per heavy atom. The fourth-order valence-corrected chi connectivity index (χ4v) is 2.91. The molecule has 3 rings (SSSR count). The molecule has 2 heterocycles. The fourth-order valence-electron chi connectivity index (χ4n) is 2.91. The van der Waals surface area contributed by atoms with Crippen molar-refractivity contribution >= 4 is 11.6 Å². The second-order valence-corrected chi connectivity index (χ2v) is 5.82. The lowest BCUT2D eigenvalue weighted by molar-refractivity contribution is 0.0746. The molecule has 0 saturated carbocycles. The first kappa shape index (κ1) is 16.1. The van der Waals surface area contributed by atoms with E-state index in [1.807, 2.05) is 24.3 Å². The van der Waals surface area contributed by atoms with Crippen molar-refractivity contribution in [3.63, 3.8) is 0 Å². The number of para-hydroxylation sites is 2. The molecule has 0 unspecified atom stereocenters. The molecule has 126 valence electrons. The normalized spacial score (nSPS) is 14.6. The van der Waals surface area contributed by atoms with Gasteiger partial charge in [0.15, 0.2) is 0 Å². The van der Waals surface area contributed by atoms with Crippen LogP contribution in [0.4, 0.5) is 5.69 Å². The first-order valence-corrected chi connectivity index (χ1v) is 7.94. The monoisotopic (exact) mass is 327 g/mol. The Morgan fingerprint density at radius 3 is 2.46 bits per heavy atom. The van der Waals surface area contributed by atoms with E-state index < -0.39 is 0 Å². The van der Waals surface area contributed by atoms with Gasteiger partial charge in [0.1, 0.15) is 5.75 Å².